The lowest BCUT2D eigenvalue weighted by molar-refractivity contribution is -0.112. The Morgan fingerprint density at radius 1 is 1.05 bits per heavy atom. The molecule has 0 aliphatic heterocycles. The molecule has 0 saturated heterocycles. The van der Waals surface area contributed by atoms with Gasteiger partial charge in [-0.15, -0.1) is 0 Å². The average Bonchev–Trinajstić information content (AvgIpc) is 2.38. The van der Waals surface area contributed by atoms with E-state index in [1.54, 1.807) is 13.0 Å². The van der Waals surface area contributed by atoms with E-state index in [4.69, 9.17) is 11.6 Å². The van der Waals surface area contributed by atoms with Gasteiger partial charge in [0, 0.05) is 10.6 Å². The van der Waals surface area contributed by atoms with Crippen LogP contribution in [0.2, 0.25) is 5.02 Å². The molecule has 0 unspecified atom stereocenters. The molecular formula is C17H15ClO. The molecule has 0 aliphatic carbocycles. The predicted molar refractivity (Wildman–Crippen MR) is 81.2 cm³/mol. The molecule has 0 N–H and O–H groups in total. The third kappa shape index (κ3) is 3.33. The minimum Gasteiger partial charge on any atom is -0.295 e. The average molecular weight is 271 g/mol. The van der Waals surface area contributed by atoms with Crippen LogP contribution < -0.4 is 0 Å². The Morgan fingerprint density at radius 2 is 1.74 bits per heavy atom. The SMILES string of the molecule is CC(=O)/C=C(\C)c1ccc(-c2ccccc2)c(Cl)c1. The van der Waals surface area contributed by atoms with Crippen molar-refractivity contribution in [3.8, 4) is 11.1 Å². The molecule has 2 rings (SSSR count). The lowest BCUT2D eigenvalue weighted by Crippen LogP contribution is -1.88. The lowest BCUT2D eigenvalue weighted by atomic mass is 10.0. The highest BCUT2D eigenvalue weighted by atomic mass is 35.5. The van der Waals surface area contributed by atoms with Gasteiger partial charge in [0.15, 0.2) is 5.78 Å². The number of carbonyl (C=O) groups excluding carboxylic acids is 1. The topological polar surface area (TPSA) is 17.1 Å². The molecule has 0 aromatic heterocycles. The zero-order valence-corrected chi connectivity index (χ0v) is 11.7. The number of ketones is 1. The minimum absolute atomic E-state index is 0.0424. The minimum atomic E-state index is 0.0424. The second-order valence-corrected chi connectivity index (χ2v) is 4.91. The monoisotopic (exact) mass is 270 g/mol. The van der Waals surface area contributed by atoms with E-state index >= 15 is 0 Å². The van der Waals surface area contributed by atoms with Gasteiger partial charge >= 0.3 is 0 Å². The molecule has 0 spiro atoms. The molecule has 0 aliphatic rings. The molecular weight excluding hydrogens is 256 g/mol. The largest absolute Gasteiger partial charge is 0.295 e. The van der Waals surface area contributed by atoms with Gasteiger partial charge in [-0.25, -0.2) is 0 Å². The summed E-state index contributed by atoms with van der Waals surface area (Å²) < 4.78 is 0. The van der Waals surface area contributed by atoms with Gasteiger partial charge in [0.1, 0.15) is 0 Å². The van der Waals surface area contributed by atoms with Gasteiger partial charge in [0.2, 0.25) is 0 Å². The number of carbonyl (C=O) groups is 1. The summed E-state index contributed by atoms with van der Waals surface area (Å²) in [6.45, 7) is 3.46. The van der Waals surface area contributed by atoms with Crippen molar-refractivity contribution in [2.75, 3.05) is 0 Å². The highest BCUT2D eigenvalue weighted by Gasteiger charge is 2.05. The molecule has 0 amide bonds. The number of hydrogen-bond donors (Lipinski definition) is 0. The quantitative estimate of drug-likeness (QED) is 0.718. The third-order valence-electron chi connectivity index (χ3n) is 2.93. The lowest BCUT2D eigenvalue weighted by Gasteiger charge is -2.07. The molecule has 2 aromatic carbocycles. The summed E-state index contributed by atoms with van der Waals surface area (Å²) in [6, 6.07) is 15.9. The van der Waals surface area contributed by atoms with Crippen molar-refractivity contribution in [3.63, 3.8) is 0 Å². The molecule has 1 nitrogen and oxygen atoms in total. The molecule has 0 heterocycles. The summed E-state index contributed by atoms with van der Waals surface area (Å²) >= 11 is 6.33. The molecule has 0 atom stereocenters. The highest BCUT2D eigenvalue weighted by molar-refractivity contribution is 6.33. The first-order valence-corrected chi connectivity index (χ1v) is 6.50. The molecule has 96 valence electrons. The van der Waals surface area contributed by atoms with Crippen LogP contribution in [0.5, 0.6) is 0 Å². The van der Waals surface area contributed by atoms with E-state index in [0.29, 0.717) is 5.02 Å². The van der Waals surface area contributed by atoms with Crippen LogP contribution >= 0.6 is 11.6 Å². The Hall–Kier alpha value is -1.86. The Morgan fingerprint density at radius 3 is 2.32 bits per heavy atom. The van der Waals surface area contributed by atoms with Gasteiger partial charge in [-0.2, -0.15) is 0 Å². The van der Waals surface area contributed by atoms with Crippen molar-refractivity contribution in [1.82, 2.24) is 0 Å². The summed E-state index contributed by atoms with van der Waals surface area (Å²) in [5.41, 5.74) is 3.99. The van der Waals surface area contributed by atoms with Crippen LogP contribution in [-0.2, 0) is 4.79 Å². The number of allylic oxidation sites excluding steroid dienone is 2. The van der Waals surface area contributed by atoms with Crippen LogP contribution in [0.25, 0.3) is 16.7 Å². The van der Waals surface area contributed by atoms with Crippen molar-refractivity contribution in [3.05, 3.63) is 65.2 Å². The fourth-order valence-electron chi connectivity index (χ4n) is 2.00. The van der Waals surface area contributed by atoms with Gasteiger partial charge in [0.25, 0.3) is 0 Å². The molecule has 19 heavy (non-hydrogen) atoms. The molecule has 0 radical (unpaired) electrons. The normalized spacial score (nSPS) is 11.4. The predicted octanol–water partition coefficient (Wildman–Crippen LogP) is 5.00. The number of rotatable bonds is 3. The first-order chi connectivity index (χ1) is 9.08. The smallest absolute Gasteiger partial charge is 0.152 e. The number of halogens is 1. The summed E-state index contributed by atoms with van der Waals surface area (Å²) in [4.78, 5) is 11.1. The maximum atomic E-state index is 11.1. The van der Waals surface area contributed by atoms with Crippen molar-refractivity contribution in [2.45, 2.75) is 13.8 Å². The standard InChI is InChI=1S/C17H15ClO/c1-12(10-13(2)19)15-8-9-16(17(18)11-15)14-6-4-3-5-7-14/h3-11H,1-2H3/b12-10+. The molecule has 0 bridgehead atoms. The van der Waals surface area contributed by atoms with Gasteiger partial charge in [0.05, 0.1) is 0 Å². The Balaban J connectivity index is 2.41. The van der Waals surface area contributed by atoms with Crippen LogP contribution in [0.1, 0.15) is 19.4 Å². The molecule has 0 fully saturated rings. The van der Waals surface area contributed by atoms with E-state index in [9.17, 15) is 4.79 Å². The fourth-order valence-corrected chi connectivity index (χ4v) is 2.29. The first kappa shape index (κ1) is 13.6. The maximum absolute atomic E-state index is 11.1. The number of hydrogen-bond acceptors (Lipinski definition) is 1. The Bertz CT molecular complexity index is 627. The van der Waals surface area contributed by atoms with Crippen LogP contribution in [-0.4, -0.2) is 5.78 Å². The van der Waals surface area contributed by atoms with E-state index in [1.165, 1.54) is 0 Å². The van der Waals surface area contributed by atoms with Crippen molar-refractivity contribution in [2.24, 2.45) is 0 Å². The van der Waals surface area contributed by atoms with Crippen LogP contribution in [0.3, 0.4) is 0 Å². The van der Waals surface area contributed by atoms with Gasteiger partial charge in [-0.1, -0.05) is 54.1 Å². The van der Waals surface area contributed by atoms with E-state index in [1.807, 2.05) is 55.5 Å². The summed E-state index contributed by atoms with van der Waals surface area (Å²) in [7, 11) is 0. The van der Waals surface area contributed by atoms with Gasteiger partial charge in [-0.05, 0) is 42.7 Å². The van der Waals surface area contributed by atoms with Crippen LogP contribution in [0, 0.1) is 0 Å². The van der Waals surface area contributed by atoms with Gasteiger partial charge in [-0.3, -0.25) is 4.79 Å². The van der Waals surface area contributed by atoms with Gasteiger partial charge < -0.3 is 0 Å². The second-order valence-electron chi connectivity index (χ2n) is 4.50. The first-order valence-electron chi connectivity index (χ1n) is 6.12. The Kier molecular flexibility index (Phi) is 4.18. The van der Waals surface area contributed by atoms with Crippen molar-refractivity contribution >= 4 is 23.0 Å². The zero-order valence-electron chi connectivity index (χ0n) is 11.0. The van der Waals surface area contributed by atoms with E-state index in [0.717, 1.165) is 22.3 Å². The van der Waals surface area contributed by atoms with Crippen LogP contribution in [0.4, 0.5) is 0 Å². The zero-order chi connectivity index (χ0) is 13.8. The van der Waals surface area contributed by atoms with E-state index in [-0.39, 0.29) is 5.78 Å². The van der Waals surface area contributed by atoms with Crippen LogP contribution in [0.15, 0.2) is 54.6 Å². The molecule has 0 saturated carbocycles. The third-order valence-corrected chi connectivity index (χ3v) is 3.24. The molecule has 2 heteroatoms. The van der Waals surface area contributed by atoms with E-state index in [2.05, 4.69) is 0 Å². The maximum Gasteiger partial charge on any atom is 0.152 e. The van der Waals surface area contributed by atoms with Crippen molar-refractivity contribution in [1.29, 1.82) is 0 Å². The second kappa shape index (κ2) is 5.85. The summed E-state index contributed by atoms with van der Waals surface area (Å²) in [6.07, 6.45) is 1.62. The summed E-state index contributed by atoms with van der Waals surface area (Å²) in [5, 5.41) is 0.694. The fraction of sp³-hybridized carbons (Fsp3) is 0.118. The van der Waals surface area contributed by atoms with Crippen molar-refractivity contribution < 1.29 is 4.79 Å². The summed E-state index contributed by atoms with van der Waals surface area (Å²) in [5.74, 6) is 0.0424. The molecule has 2 aromatic rings. The van der Waals surface area contributed by atoms with E-state index < -0.39 is 0 Å². The number of benzene rings is 2. The highest BCUT2D eigenvalue weighted by Crippen LogP contribution is 2.30. The Labute approximate surface area is 118 Å².